The van der Waals surface area contributed by atoms with Gasteiger partial charge in [0.05, 0.1) is 13.2 Å². The van der Waals surface area contributed by atoms with Crippen molar-refractivity contribution in [1.82, 2.24) is 20.4 Å². The number of guanidine groups is 1. The molecule has 2 aliphatic rings. The van der Waals surface area contributed by atoms with Crippen LogP contribution in [0.3, 0.4) is 0 Å². The highest BCUT2D eigenvalue weighted by atomic mass is 16.5. The summed E-state index contributed by atoms with van der Waals surface area (Å²) in [7, 11) is 0. The number of morpholine rings is 1. The fourth-order valence-electron chi connectivity index (χ4n) is 3.12. The first-order valence-corrected chi connectivity index (χ1v) is 9.32. The third kappa shape index (κ3) is 6.28. The molecular weight excluding hydrogens is 306 g/mol. The van der Waals surface area contributed by atoms with Gasteiger partial charge in [0.2, 0.25) is 5.91 Å². The topological polar surface area (TPSA) is 69.2 Å². The maximum atomic E-state index is 12.2. The van der Waals surface area contributed by atoms with Gasteiger partial charge in [-0.3, -0.25) is 9.69 Å². The monoisotopic (exact) mass is 339 g/mol. The van der Waals surface area contributed by atoms with Crippen molar-refractivity contribution >= 4 is 11.9 Å². The normalized spacial score (nSPS) is 21.4. The van der Waals surface area contributed by atoms with Crippen molar-refractivity contribution in [1.29, 1.82) is 0 Å². The van der Waals surface area contributed by atoms with Crippen molar-refractivity contribution in [2.24, 2.45) is 4.99 Å². The third-order valence-electron chi connectivity index (χ3n) is 4.66. The Hall–Kier alpha value is -1.34. The summed E-state index contributed by atoms with van der Waals surface area (Å²) in [5, 5.41) is 6.59. The quantitative estimate of drug-likeness (QED) is 0.537. The molecule has 0 aromatic heterocycles. The van der Waals surface area contributed by atoms with Crippen LogP contribution >= 0.6 is 0 Å². The average Bonchev–Trinajstić information content (AvgIpc) is 2.65. The van der Waals surface area contributed by atoms with Gasteiger partial charge in [-0.05, 0) is 33.1 Å². The number of hydrogen-bond acceptors (Lipinski definition) is 4. The van der Waals surface area contributed by atoms with E-state index in [1.54, 1.807) is 0 Å². The number of piperidine rings is 1. The number of aliphatic imine (C=N–C) groups is 1. The highest BCUT2D eigenvalue weighted by Crippen LogP contribution is 2.08. The van der Waals surface area contributed by atoms with Crippen molar-refractivity contribution in [2.75, 3.05) is 59.0 Å². The van der Waals surface area contributed by atoms with Gasteiger partial charge in [0, 0.05) is 45.3 Å². The minimum atomic E-state index is 0.133. The zero-order valence-corrected chi connectivity index (χ0v) is 15.2. The summed E-state index contributed by atoms with van der Waals surface area (Å²) >= 11 is 0. The zero-order chi connectivity index (χ0) is 17.2. The van der Waals surface area contributed by atoms with E-state index in [4.69, 9.17) is 4.74 Å². The van der Waals surface area contributed by atoms with Gasteiger partial charge in [-0.1, -0.05) is 0 Å². The lowest BCUT2D eigenvalue weighted by Crippen LogP contribution is -2.49. The van der Waals surface area contributed by atoms with Crippen molar-refractivity contribution in [3.05, 3.63) is 0 Å². The maximum Gasteiger partial charge on any atom is 0.244 e. The molecule has 2 saturated heterocycles. The lowest BCUT2D eigenvalue weighted by atomic mass is 10.1. The molecule has 7 nitrogen and oxygen atoms in total. The predicted octanol–water partition coefficient (Wildman–Crippen LogP) is 0.275. The summed E-state index contributed by atoms with van der Waals surface area (Å²) in [5.41, 5.74) is 0. The van der Waals surface area contributed by atoms with Gasteiger partial charge in [-0.2, -0.15) is 0 Å². The molecule has 2 rings (SSSR count). The summed E-state index contributed by atoms with van der Waals surface area (Å²) in [4.78, 5) is 21.1. The molecule has 1 unspecified atom stereocenters. The molecule has 7 heteroatoms. The number of carbonyl (C=O) groups excluding carboxylic acids is 1. The highest BCUT2D eigenvalue weighted by Gasteiger charge is 2.18. The van der Waals surface area contributed by atoms with Gasteiger partial charge >= 0.3 is 0 Å². The molecule has 24 heavy (non-hydrogen) atoms. The number of ether oxygens (including phenoxy) is 1. The third-order valence-corrected chi connectivity index (χ3v) is 4.66. The van der Waals surface area contributed by atoms with Crippen LogP contribution in [0.1, 0.15) is 33.1 Å². The first kappa shape index (κ1) is 19.0. The van der Waals surface area contributed by atoms with Gasteiger partial charge in [0.25, 0.3) is 0 Å². The SMILES string of the molecule is CCNC(=NCC(=O)N1CCCCC1)NCC(C)N1CCOCC1. The Labute approximate surface area is 145 Å². The Morgan fingerprint density at radius 3 is 2.50 bits per heavy atom. The Kier molecular flexibility index (Phi) is 8.32. The fourth-order valence-corrected chi connectivity index (χ4v) is 3.12. The average molecular weight is 339 g/mol. The lowest BCUT2D eigenvalue weighted by molar-refractivity contribution is -0.130. The summed E-state index contributed by atoms with van der Waals surface area (Å²) in [5.74, 6) is 0.857. The van der Waals surface area contributed by atoms with Gasteiger partial charge < -0.3 is 20.3 Å². The van der Waals surface area contributed by atoms with Crippen LogP contribution in [0.15, 0.2) is 4.99 Å². The standard InChI is InChI=1S/C17H33N5O2/c1-3-18-17(19-13-15(2)21-9-11-24-12-10-21)20-14-16(23)22-7-5-4-6-8-22/h15H,3-14H2,1-2H3,(H2,18,19,20). The summed E-state index contributed by atoms with van der Waals surface area (Å²) in [6, 6.07) is 0.413. The van der Waals surface area contributed by atoms with Gasteiger partial charge in [0.15, 0.2) is 5.96 Å². The van der Waals surface area contributed by atoms with Crippen LogP contribution in [-0.2, 0) is 9.53 Å². The Morgan fingerprint density at radius 1 is 1.12 bits per heavy atom. The zero-order valence-electron chi connectivity index (χ0n) is 15.2. The Bertz CT molecular complexity index is 404. The van der Waals surface area contributed by atoms with Crippen LogP contribution in [0.25, 0.3) is 0 Å². The molecule has 1 amide bonds. The van der Waals surface area contributed by atoms with Gasteiger partial charge in [0.1, 0.15) is 6.54 Å². The molecular formula is C17H33N5O2. The number of amides is 1. The van der Waals surface area contributed by atoms with Crippen LogP contribution in [-0.4, -0.2) is 86.7 Å². The van der Waals surface area contributed by atoms with E-state index >= 15 is 0 Å². The Morgan fingerprint density at radius 2 is 1.83 bits per heavy atom. The van der Waals surface area contributed by atoms with E-state index in [0.717, 1.165) is 71.3 Å². The predicted molar refractivity (Wildman–Crippen MR) is 96.3 cm³/mol. The first-order chi connectivity index (χ1) is 11.7. The number of likely N-dealkylation sites (tertiary alicyclic amines) is 1. The molecule has 0 radical (unpaired) electrons. The van der Waals surface area contributed by atoms with E-state index in [2.05, 4.69) is 27.4 Å². The van der Waals surface area contributed by atoms with E-state index in [9.17, 15) is 4.79 Å². The van der Waals surface area contributed by atoms with Crippen LogP contribution < -0.4 is 10.6 Å². The second-order valence-electron chi connectivity index (χ2n) is 6.51. The fraction of sp³-hybridized carbons (Fsp3) is 0.882. The molecule has 0 aliphatic carbocycles. The van der Waals surface area contributed by atoms with Crippen LogP contribution in [0.5, 0.6) is 0 Å². The number of carbonyl (C=O) groups is 1. The van der Waals surface area contributed by atoms with Crippen molar-refractivity contribution < 1.29 is 9.53 Å². The molecule has 138 valence electrons. The van der Waals surface area contributed by atoms with Gasteiger partial charge in [-0.15, -0.1) is 0 Å². The van der Waals surface area contributed by atoms with E-state index < -0.39 is 0 Å². The van der Waals surface area contributed by atoms with E-state index in [-0.39, 0.29) is 12.5 Å². The van der Waals surface area contributed by atoms with Gasteiger partial charge in [-0.25, -0.2) is 4.99 Å². The molecule has 0 spiro atoms. The largest absolute Gasteiger partial charge is 0.379 e. The number of nitrogens with one attached hydrogen (secondary N) is 2. The van der Waals surface area contributed by atoms with E-state index in [1.165, 1.54) is 6.42 Å². The van der Waals surface area contributed by atoms with Crippen LogP contribution in [0.2, 0.25) is 0 Å². The first-order valence-electron chi connectivity index (χ1n) is 9.32. The molecule has 2 N–H and O–H groups in total. The minimum Gasteiger partial charge on any atom is -0.379 e. The lowest BCUT2D eigenvalue weighted by Gasteiger charge is -2.32. The molecule has 2 heterocycles. The number of rotatable bonds is 6. The number of nitrogens with zero attached hydrogens (tertiary/aromatic N) is 3. The second-order valence-corrected chi connectivity index (χ2v) is 6.51. The maximum absolute atomic E-state index is 12.2. The number of hydrogen-bond donors (Lipinski definition) is 2. The molecule has 0 aromatic carbocycles. The molecule has 1 atom stereocenters. The van der Waals surface area contributed by atoms with Crippen molar-refractivity contribution in [3.8, 4) is 0 Å². The molecule has 0 bridgehead atoms. The van der Waals surface area contributed by atoms with E-state index in [0.29, 0.717) is 6.04 Å². The molecule has 2 aliphatic heterocycles. The minimum absolute atomic E-state index is 0.133. The second kappa shape index (κ2) is 10.5. The smallest absolute Gasteiger partial charge is 0.244 e. The summed E-state index contributed by atoms with van der Waals surface area (Å²) in [6.45, 7) is 11.4. The van der Waals surface area contributed by atoms with Crippen molar-refractivity contribution in [3.63, 3.8) is 0 Å². The van der Waals surface area contributed by atoms with E-state index in [1.807, 2.05) is 11.8 Å². The molecule has 2 fully saturated rings. The summed E-state index contributed by atoms with van der Waals surface area (Å²) in [6.07, 6.45) is 3.46. The van der Waals surface area contributed by atoms with Crippen LogP contribution in [0, 0.1) is 0 Å². The molecule has 0 saturated carbocycles. The molecule has 0 aromatic rings. The van der Waals surface area contributed by atoms with Crippen molar-refractivity contribution in [2.45, 2.75) is 39.2 Å². The van der Waals surface area contributed by atoms with Crippen LogP contribution in [0.4, 0.5) is 0 Å². The Balaban J connectivity index is 1.77. The summed E-state index contributed by atoms with van der Waals surface area (Å²) < 4.78 is 5.40. The highest BCUT2D eigenvalue weighted by molar-refractivity contribution is 5.85.